The number of hydrogen-bond acceptors (Lipinski definition) is 4. The van der Waals surface area contributed by atoms with Gasteiger partial charge in [-0.15, -0.1) is 0 Å². The summed E-state index contributed by atoms with van der Waals surface area (Å²) in [4.78, 5) is 6.84. The fraction of sp³-hybridized carbons (Fsp3) is 0.208. The molecular formula is C24H21Cl3N2O2. The van der Waals surface area contributed by atoms with Crippen molar-refractivity contribution >= 4 is 52.4 Å². The van der Waals surface area contributed by atoms with Crippen LogP contribution in [0.3, 0.4) is 0 Å². The highest BCUT2D eigenvalue weighted by atomic mass is 35.5. The predicted octanol–water partition coefficient (Wildman–Crippen LogP) is 6.81. The normalized spacial score (nSPS) is 14.2. The highest BCUT2D eigenvalue weighted by Gasteiger charge is 2.11. The fourth-order valence-electron chi connectivity index (χ4n) is 3.25. The van der Waals surface area contributed by atoms with Crippen molar-refractivity contribution in [1.82, 2.24) is 0 Å². The van der Waals surface area contributed by atoms with E-state index in [1.165, 1.54) is 5.69 Å². The summed E-state index contributed by atoms with van der Waals surface area (Å²) in [6.07, 6.45) is 1.74. The number of ether oxygens (including phenoxy) is 2. The van der Waals surface area contributed by atoms with Crippen molar-refractivity contribution in [2.45, 2.75) is 6.61 Å². The molecule has 160 valence electrons. The number of benzene rings is 3. The first-order valence-electron chi connectivity index (χ1n) is 9.91. The topological polar surface area (TPSA) is 34.1 Å². The molecule has 0 spiro atoms. The van der Waals surface area contributed by atoms with E-state index < -0.39 is 0 Å². The van der Waals surface area contributed by atoms with Crippen LogP contribution in [0.4, 0.5) is 11.4 Å². The van der Waals surface area contributed by atoms with E-state index in [0.29, 0.717) is 27.4 Å². The van der Waals surface area contributed by atoms with Crippen LogP contribution in [0.1, 0.15) is 11.1 Å². The Balaban J connectivity index is 1.41. The van der Waals surface area contributed by atoms with E-state index in [1.807, 2.05) is 36.4 Å². The maximum Gasteiger partial charge on any atom is 0.157 e. The lowest BCUT2D eigenvalue weighted by atomic mass is 10.2. The Morgan fingerprint density at radius 3 is 2.19 bits per heavy atom. The molecular weight excluding hydrogens is 455 g/mol. The lowest BCUT2D eigenvalue weighted by Gasteiger charge is -2.28. The first kappa shape index (κ1) is 22.0. The fourth-order valence-corrected chi connectivity index (χ4v) is 3.99. The van der Waals surface area contributed by atoms with Crippen LogP contribution in [0.25, 0.3) is 0 Å². The summed E-state index contributed by atoms with van der Waals surface area (Å²) in [5.41, 5.74) is 3.80. The van der Waals surface area contributed by atoms with Crippen molar-refractivity contribution in [2.24, 2.45) is 4.99 Å². The molecule has 0 saturated carbocycles. The van der Waals surface area contributed by atoms with Crippen LogP contribution < -0.4 is 9.64 Å². The molecule has 0 radical (unpaired) electrons. The van der Waals surface area contributed by atoms with Crippen LogP contribution in [0.5, 0.6) is 5.75 Å². The van der Waals surface area contributed by atoms with E-state index in [4.69, 9.17) is 44.3 Å². The van der Waals surface area contributed by atoms with Gasteiger partial charge in [0.05, 0.1) is 28.9 Å². The van der Waals surface area contributed by atoms with Crippen molar-refractivity contribution in [3.8, 4) is 5.75 Å². The minimum Gasteiger partial charge on any atom is -0.486 e. The second-order valence-electron chi connectivity index (χ2n) is 7.10. The van der Waals surface area contributed by atoms with Crippen LogP contribution in [0.15, 0.2) is 65.7 Å². The van der Waals surface area contributed by atoms with Gasteiger partial charge >= 0.3 is 0 Å². The highest BCUT2D eigenvalue weighted by molar-refractivity contribution is 6.37. The second-order valence-corrected chi connectivity index (χ2v) is 8.35. The summed E-state index contributed by atoms with van der Waals surface area (Å²) in [7, 11) is 0. The lowest BCUT2D eigenvalue weighted by Crippen LogP contribution is -2.36. The van der Waals surface area contributed by atoms with E-state index in [9.17, 15) is 0 Å². The van der Waals surface area contributed by atoms with Crippen molar-refractivity contribution in [3.63, 3.8) is 0 Å². The van der Waals surface area contributed by atoms with E-state index >= 15 is 0 Å². The number of halogens is 3. The lowest BCUT2D eigenvalue weighted by molar-refractivity contribution is 0.122. The minimum atomic E-state index is 0.347. The predicted molar refractivity (Wildman–Crippen MR) is 129 cm³/mol. The number of rotatable bonds is 6. The molecule has 1 aliphatic rings. The Bertz CT molecular complexity index is 1020. The monoisotopic (exact) mass is 474 g/mol. The third-order valence-corrected chi connectivity index (χ3v) is 5.72. The summed E-state index contributed by atoms with van der Waals surface area (Å²) in [6.45, 7) is 3.69. The molecule has 0 N–H and O–H groups in total. The molecule has 0 unspecified atom stereocenters. The van der Waals surface area contributed by atoms with Gasteiger partial charge in [-0.3, -0.25) is 4.99 Å². The Morgan fingerprint density at radius 1 is 0.903 bits per heavy atom. The zero-order valence-electron chi connectivity index (χ0n) is 16.7. The number of anilines is 1. The van der Waals surface area contributed by atoms with Gasteiger partial charge in [-0.25, -0.2) is 0 Å². The third-order valence-electron chi connectivity index (χ3n) is 4.91. The van der Waals surface area contributed by atoms with Gasteiger partial charge in [0, 0.05) is 30.0 Å². The summed E-state index contributed by atoms with van der Waals surface area (Å²) < 4.78 is 11.2. The quantitative estimate of drug-likeness (QED) is 0.367. The van der Waals surface area contributed by atoms with Crippen molar-refractivity contribution < 1.29 is 9.47 Å². The van der Waals surface area contributed by atoms with Crippen molar-refractivity contribution in [1.29, 1.82) is 0 Å². The number of morpholine rings is 1. The first-order valence-corrected chi connectivity index (χ1v) is 11.0. The zero-order chi connectivity index (χ0) is 21.6. The van der Waals surface area contributed by atoms with Crippen molar-refractivity contribution in [2.75, 3.05) is 31.2 Å². The number of nitrogens with zero attached hydrogens (tertiary/aromatic N) is 2. The molecule has 3 aromatic carbocycles. The van der Waals surface area contributed by atoms with Crippen LogP contribution >= 0.6 is 34.8 Å². The summed E-state index contributed by atoms with van der Waals surface area (Å²) in [5.74, 6) is 0.449. The standard InChI is InChI=1S/C24H21Cl3N2O2/c25-19-3-1-17(2-4-19)16-31-24-22(26)13-18(14-23(24)27)15-28-20-5-7-21(8-6-20)29-9-11-30-12-10-29/h1-8,13-15H,9-12,16H2. The van der Waals surface area contributed by atoms with Gasteiger partial charge < -0.3 is 14.4 Å². The Hall–Kier alpha value is -2.24. The van der Waals surface area contributed by atoms with Gasteiger partial charge in [0.15, 0.2) is 5.75 Å². The summed E-state index contributed by atoms with van der Waals surface area (Å²) >= 11 is 18.7. The maximum absolute atomic E-state index is 6.41. The number of hydrogen-bond donors (Lipinski definition) is 0. The summed E-state index contributed by atoms with van der Waals surface area (Å²) in [5, 5.41) is 1.55. The van der Waals surface area contributed by atoms with E-state index in [0.717, 1.165) is 43.1 Å². The Kier molecular flexibility index (Phi) is 7.36. The average Bonchev–Trinajstić information content (AvgIpc) is 2.79. The molecule has 3 aromatic rings. The zero-order valence-corrected chi connectivity index (χ0v) is 19.0. The van der Waals surface area contributed by atoms with Gasteiger partial charge in [0.2, 0.25) is 0 Å². The molecule has 0 aromatic heterocycles. The molecule has 31 heavy (non-hydrogen) atoms. The summed E-state index contributed by atoms with van der Waals surface area (Å²) in [6, 6.07) is 19.1. The minimum absolute atomic E-state index is 0.347. The molecule has 1 saturated heterocycles. The van der Waals surface area contributed by atoms with Gasteiger partial charge in [-0.05, 0) is 59.7 Å². The Labute approximate surface area is 197 Å². The van der Waals surface area contributed by atoms with Gasteiger partial charge in [0.1, 0.15) is 6.61 Å². The van der Waals surface area contributed by atoms with E-state index in [1.54, 1.807) is 18.3 Å². The number of aliphatic imine (C=N–C) groups is 1. The Morgan fingerprint density at radius 2 is 1.55 bits per heavy atom. The van der Waals surface area contributed by atoms with E-state index in [2.05, 4.69) is 22.0 Å². The van der Waals surface area contributed by atoms with Gasteiger partial charge in [-0.1, -0.05) is 46.9 Å². The van der Waals surface area contributed by atoms with Crippen LogP contribution in [0.2, 0.25) is 15.1 Å². The maximum atomic E-state index is 6.41. The van der Waals surface area contributed by atoms with Gasteiger partial charge in [-0.2, -0.15) is 0 Å². The second kappa shape index (κ2) is 10.4. The van der Waals surface area contributed by atoms with Crippen LogP contribution in [-0.2, 0) is 11.3 Å². The van der Waals surface area contributed by atoms with Gasteiger partial charge in [0.25, 0.3) is 0 Å². The SMILES string of the molecule is Clc1ccc(COc2c(Cl)cc(C=Nc3ccc(N4CCOCC4)cc3)cc2Cl)cc1. The average molecular weight is 476 g/mol. The van der Waals surface area contributed by atoms with Crippen LogP contribution in [0, 0.1) is 0 Å². The molecule has 1 heterocycles. The molecule has 1 fully saturated rings. The molecule has 0 amide bonds. The molecule has 7 heteroatoms. The largest absolute Gasteiger partial charge is 0.486 e. The highest BCUT2D eigenvalue weighted by Crippen LogP contribution is 2.34. The molecule has 0 atom stereocenters. The van der Waals surface area contributed by atoms with Crippen molar-refractivity contribution in [3.05, 3.63) is 86.9 Å². The molecule has 0 bridgehead atoms. The molecule has 1 aliphatic heterocycles. The van der Waals surface area contributed by atoms with E-state index in [-0.39, 0.29) is 0 Å². The van der Waals surface area contributed by atoms with Crippen LogP contribution in [-0.4, -0.2) is 32.5 Å². The smallest absolute Gasteiger partial charge is 0.157 e. The third kappa shape index (κ3) is 5.92. The molecule has 4 rings (SSSR count). The first-order chi connectivity index (χ1) is 15.1. The molecule has 4 nitrogen and oxygen atoms in total. The molecule has 0 aliphatic carbocycles.